The molecule has 0 radical (unpaired) electrons. The summed E-state index contributed by atoms with van der Waals surface area (Å²) in [6.45, 7) is 7.64. The molecule has 9 nitrogen and oxygen atoms in total. The van der Waals surface area contributed by atoms with Crippen molar-refractivity contribution in [2.45, 2.75) is 130 Å². The lowest BCUT2D eigenvalue weighted by Gasteiger charge is -2.44. The minimum absolute atomic E-state index is 0.144. The fourth-order valence-electron chi connectivity index (χ4n) is 4.11. The number of unbranched alkanes of at least 4 members (excludes halogenated alkanes) is 9. The Morgan fingerprint density at radius 3 is 1.64 bits per heavy atom. The first-order valence-corrected chi connectivity index (χ1v) is 14.1. The minimum Gasteiger partial charge on any atom is -0.456 e. The van der Waals surface area contributed by atoms with E-state index in [-0.39, 0.29) is 10.9 Å². The molecule has 1 fully saturated rings. The lowest BCUT2D eigenvalue weighted by molar-refractivity contribution is -0.300. The molecular formula is C26H44O9S. The van der Waals surface area contributed by atoms with Crippen molar-refractivity contribution in [1.82, 2.24) is 0 Å². The van der Waals surface area contributed by atoms with Crippen LogP contribution in [0.5, 0.6) is 0 Å². The topological polar surface area (TPSA) is 114 Å². The summed E-state index contributed by atoms with van der Waals surface area (Å²) < 4.78 is 28.2. The Kier molecular flexibility index (Phi) is 16.7. The van der Waals surface area contributed by atoms with Crippen LogP contribution in [0.2, 0.25) is 0 Å². The molecule has 0 bridgehead atoms. The number of thioether (sulfide) groups is 1. The number of esters is 3. The van der Waals surface area contributed by atoms with Crippen LogP contribution >= 0.6 is 11.8 Å². The van der Waals surface area contributed by atoms with Gasteiger partial charge in [-0.25, -0.2) is 0 Å². The van der Waals surface area contributed by atoms with Crippen LogP contribution in [0, 0.1) is 0 Å². The van der Waals surface area contributed by atoms with E-state index >= 15 is 0 Å². The molecule has 1 aliphatic rings. The summed E-state index contributed by atoms with van der Waals surface area (Å²) in [7, 11) is 0. The number of carbonyl (C=O) groups is 4. The third-order valence-corrected chi connectivity index (χ3v) is 6.63. The highest BCUT2D eigenvalue weighted by atomic mass is 32.2. The molecule has 0 unspecified atom stereocenters. The van der Waals surface area contributed by atoms with E-state index in [1.54, 1.807) is 0 Å². The van der Waals surface area contributed by atoms with Gasteiger partial charge in [0.1, 0.15) is 6.10 Å². The summed E-state index contributed by atoms with van der Waals surface area (Å²) in [4.78, 5) is 47.1. The number of hydrogen-bond acceptors (Lipinski definition) is 10. The van der Waals surface area contributed by atoms with Crippen molar-refractivity contribution in [2.75, 3.05) is 12.4 Å². The Labute approximate surface area is 219 Å². The molecule has 0 aromatic heterocycles. The fraction of sp³-hybridized carbons (Fsp3) is 0.846. The molecule has 1 heterocycles. The van der Waals surface area contributed by atoms with Gasteiger partial charge < -0.3 is 23.7 Å². The molecule has 10 heteroatoms. The lowest BCUT2D eigenvalue weighted by Crippen LogP contribution is -2.62. The first kappa shape index (κ1) is 32.4. The summed E-state index contributed by atoms with van der Waals surface area (Å²) in [5.41, 5.74) is 0. The molecule has 5 atom stereocenters. The molecule has 1 saturated heterocycles. The van der Waals surface area contributed by atoms with E-state index in [0.29, 0.717) is 6.61 Å². The largest absolute Gasteiger partial charge is 0.456 e. The summed E-state index contributed by atoms with van der Waals surface area (Å²) in [5.74, 6) is -1.73. The van der Waals surface area contributed by atoms with Crippen molar-refractivity contribution in [3.8, 4) is 0 Å². The fourth-order valence-corrected chi connectivity index (χ4v) is 4.78. The average molecular weight is 533 g/mol. The predicted molar refractivity (Wildman–Crippen MR) is 136 cm³/mol. The van der Waals surface area contributed by atoms with E-state index in [0.717, 1.165) is 31.0 Å². The molecule has 1 aliphatic heterocycles. The molecule has 0 N–H and O–H groups in total. The third-order valence-electron chi connectivity index (χ3n) is 5.73. The summed E-state index contributed by atoms with van der Waals surface area (Å²) in [6, 6.07) is 0. The maximum atomic E-state index is 11.9. The second kappa shape index (κ2) is 18.6. The molecule has 0 amide bonds. The van der Waals surface area contributed by atoms with Gasteiger partial charge in [0.2, 0.25) is 0 Å². The first-order chi connectivity index (χ1) is 17.1. The quantitative estimate of drug-likeness (QED) is 0.148. The van der Waals surface area contributed by atoms with Gasteiger partial charge in [0.25, 0.3) is 0 Å². The highest BCUT2D eigenvalue weighted by Crippen LogP contribution is 2.31. The minimum atomic E-state index is -1.14. The number of carbonyl (C=O) groups excluding carboxylic acids is 4. The van der Waals surface area contributed by atoms with Crippen LogP contribution in [-0.4, -0.2) is 66.1 Å². The maximum Gasteiger partial charge on any atom is 0.303 e. The van der Waals surface area contributed by atoms with Crippen molar-refractivity contribution >= 4 is 34.8 Å². The van der Waals surface area contributed by atoms with Gasteiger partial charge in [0.05, 0.1) is 0 Å². The zero-order chi connectivity index (χ0) is 26.9. The van der Waals surface area contributed by atoms with Crippen molar-refractivity contribution in [3.63, 3.8) is 0 Å². The van der Waals surface area contributed by atoms with Gasteiger partial charge in [0, 0.05) is 40.1 Å². The number of ether oxygens (including phenoxy) is 5. The van der Waals surface area contributed by atoms with Gasteiger partial charge in [0.15, 0.2) is 29.7 Å². The van der Waals surface area contributed by atoms with Crippen LogP contribution in [-0.2, 0) is 42.9 Å². The van der Waals surface area contributed by atoms with E-state index < -0.39 is 48.6 Å². The van der Waals surface area contributed by atoms with E-state index in [9.17, 15) is 19.2 Å². The Morgan fingerprint density at radius 2 is 1.14 bits per heavy atom. The van der Waals surface area contributed by atoms with Crippen molar-refractivity contribution in [3.05, 3.63) is 0 Å². The number of rotatable bonds is 17. The Morgan fingerprint density at radius 1 is 0.667 bits per heavy atom. The van der Waals surface area contributed by atoms with E-state index in [1.807, 2.05) is 0 Å². The highest BCUT2D eigenvalue weighted by molar-refractivity contribution is 8.13. The maximum absolute atomic E-state index is 11.9. The number of hydrogen-bond donors (Lipinski definition) is 0. The average Bonchev–Trinajstić information content (AvgIpc) is 2.78. The van der Waals surface area contributed by atoms with Gasteiger partial charge in [-0.2, -0.15) is 0 Å². The van der Waals surface area contributed by atoms with Crippen LogP contribution in [0.25, 0.3) is 0 Å². The second-order valence-corrected chi connectivity index (χ2v) is 10.3. The smallest absolute Gasteiger partial charge is 0.303 e. The molecule has 0 saturated carbocycles. The third kappa shape index (κ3) is 13.6. The predicted octanol–water partition coefficient (Wildman–Crippen LogP) is 4.72. The molecule has 208 valence electrons. The second-order valence-electron chi connectivity index (χ2n) is 9.12. The van der Waals surface area contributed by atoms with Crippen LogP contribution in [0.1, 0.15) is 98.8 Å². The molecule has 36 heavy (non-hydrogen) atoms. The molecule has 0 aliphatic carbocycles. The van der Waals surface area contributed by atoms with Crippen LogP contribution in [0.15, 0.2) is 0 Å². The SMILES string of the molecule is CCCCCCCCCCCCO[C@@H]1O[C@H](CSC(C)=O)[C@H](OC(C)=O)[C@H](OC(C)=O)[C@H]1OC(C)=O. The van der Waals surface area contributed by atoms with Gasteiger partial charge in [-0.05, 0) is 6.42 Å². The zero-order valence-corrected chi connectivity index (χ0v) is 23.3. The van der Waals surface area contributed by atoms with Crippen LogP contribution in [0.4, 0.5) is 0 Å². The Balaban J connectivity index is 2.77. The van der Waals surface area contributed by atoms with Crippen LogP contribution < -0.4 is 0 Å². The highest BCUT2D eigenvalue weighted by Gasteiger charge is 2.52. The van der Waals surface area contributed by atoms with E-state index in [4.69, 9.17) is 23.7 Å². The summed E-state index contributed by atoms with van der Waals surface area (Å²) >= 11 is 0.993. The van der Waals surface area contributed by atoms with Gasteiger partial charge >= 0.3 is 17.9 Å². The molecule has 1 rings (SSSR count). The van der Waals surface area contributed by atoms with Crippen molar-refractivity contribution in [1.29, 1.82) is 0 Å². The summed E-state index contributed by atoms with van der Waals surface area (Å²) in [5, 5.41) is -0.144. The molecule has 0 aromatic rings. The summed E-state index contributed by atoms with van der Waals surface area (Å²) in [6.07, 6.45) is 6.59. The first-order valence-electron chi connectivity index (χ1n) is 13.1. The molecule has 0 spiro atoms. The van der Waals surface area contributed by atoms with E-state index in [1.165, 1.54) is 72.6 Å². The van der Waals surface area contributed by atoms with Crippen molar-refractivity contribution < 1.29 is 42.9 Å². The Bertz CT molecular complexity index is 684. The standard InChI is InChI=1S/C26H44O9S/c1-6-7-8-9-10-11-12-13-14-15-16-31-26-25(34-20(4)29)24(33-19(3)28)23(32-18(2)27)22(35-26)17-36-21(5)30/h22-26H,6-17H2,1-5H3/t22-,23+,24+,25-,26-/m1/s1. The Hall–Kier alpha value is -1.65. The van der Waals surface area contributed by atoms with E-state index in [2.05, 4.69) is 6.92 Å². The lowest BCUT2D eigenvalue weighted by atomic mass is 9.98. The molecule has 0 aromatic carbocycles. The monoisotopic (exact) mass is 532 g/mol. The van der Waals surface area contributed by atoms with Gasteiger partial charge in [-0.1, -0.05) is 76.5 Å². The van der Waals surface area contributed by atoms with Crippen LogP contribution in [0.3, 0.4) is 0 Å². The van der Waals surface area contributed by atoms with Gasteiger partial charge in [-0.15, -0.1) is 0 Å². The molecular weight excluding hydrogens is 488 g/mol. The normalized spacial score (nSPS) is 23.6. The van der Waals surface area contributed by atoms with Crippen molar-refractivity contribution in [2.24, 2.45) is 0 Å². The zero-order valence-electron chi connectivity index (χ0n) is 22.5. The van der Waals surface area contributed by atoms with Gasteiger partial charge in [-0.3, -0.25) is 19.2 Å².